The molecule has 0 aliphatic rings. The highest BCUT2D eigenvalue weighted by Gasteiger charge is 1.90. The summed E-state index contributed by atoms with van der Waals surface area (Å²) >= 11 is 0. The molecule has 0 heterocycles. The van der Waals surface area contributed by atoms with Gasteiger partial charge in [-0.3, -0.25) is 0 Å². The fourth-order valence-corrected chi connectivity index (χ4v) is 0.398. The van der Waals surface area contributed by atoms with Crippen LogP contribution in [0, 0.1) is 0 Å². The Labute approximate surface area is 69.0 Å². The normalized spacial score (nSPS) is 11.7. The van der Waals surface area contributed by atoms with E-state index in [9.17, 15) is 0 Å². The minimum absolute atomic E-state index is 0.250. The van der Waals surface area contributed by atoms with E-state index in [2.05, 4.69) is 6.92 Å². The van der Waals surface area contributed by atoms with Gasteiger partial charge < -0.3 is 14.9 Å². The van der Waals surface area contributed by atoms with Crippen LogP contribution in [0.1, 0.15) is 33.6 Å². The van der Waals surface area contributed by atoms with Crippen LogP contribution in [0.4, 0.5) is 0 Å². The molecule has 0 radical (unpaired) electrons. The monoisotopic (exact) mass is 164 g/mol. The molecule has 0 saturated heterocycles. The average Bonchev–Trinajstić information content (AvgIpc) is 1.89. The molecule has 11 heavy (non-hydrogen) atoms. The van der Waals surface area contributed by atoms with Crippen LogP contribution < -0.4 is 0 Å². The molecule has 0 aliphatic carbocycles. The van der Waals surface area contributed by atoms with E-state index in [1.165, 1.54) is 0 Å². The number of hydrogen-bond acceptors (Lipinski definition) is 3. The van der Waals surface area contributed by atoms with Gasteiger partial charge in [0.2, 0.25) is 0 Å². The Morgan fingerprint density at radius 2 is 1.82 bits per heavy atom. The summed E-state index contributed by atoms with van der Waals surface area (Å²) in [5.74, 6) is 0. The summed E-state index contributed by atoms with van der Waals surface area (Å²) in [7, 11) is 0. The van der Waals surface area contributed by atoms with Crippen molar-refractivity contribution in [1.82, 2.24) is 0 Å². The second kappa shape index (κ2) is 12.5. The standard InChI is InChI=1S/C6H14O2.C2H6O/c1-3-4-5-8-6(2)7;1-2-3/h6-7H,3-5H2,1-2H3;3H,2H2,1H3. The first-order valence-corrected chi connectivity index (χ1v) is 4.09. The summed E-state index contributed by atoms with van der Waals surface area (Å²) in [6.07, 6.45) is 1.55. The highest BCUT2D eigenvalue weighted by molar-refractivity contribution is 4.31. The molecule has 3 nitrogen and oxygen atoms in total. The Bertz CT molecular complexity index is 55.3. The second-order valence-electron chi connectivity index (χ2n) is 2.14. The molecular weight excluding hydrogens is 144 g/mol. The third kappa shape index (κ3) is 25.8. The van der Waals surface area contributed by atoms with Gasteiger partial charge in [0.05, 0.1) is 0 Å². The van der Waals surface area contributed by atoms with Crippen LogP contribution in [0.15, 0.2) is 0 Å². The Hall–Kier alpha value is -0.120. The quantitative estimate of drug-likeness (QED) is 0.484. The molecule has 1 unspecified atom stereocenters. The van der Waals surface area contributed by atoms with Crippen molar-refractivity contribution < 1.29 is 14.9 Å². The molecule has 0 aromatic rings. The zero-order valence-corrected chi connectivity index (χ0v) is 7.71. The predicted molar refractivity (Wildman–Crippen MR) is 45.3 cm³/mol. The number of rotatable bonds is 4. The summed E-state index contributed by atoms with van der Waals surface area (Å²) in [6.45, 7) is 6.31. The first-order valence-electron chi connectivity index (χ1n) is 4.09. The zero-order valence-electron chi connectivity index (χ0n) is 7.71. The van der Waals surface area contributed by atoms with E-state index in [1.54, 1.807) is 13.8 Å². The Balaban J connectivity index is 0. The molecule has 0 aromatic carbocycles. The van der Waals surface area contributed by atoms with Crippen molar-refractivity contribution in [1.29, 1.82) is 0 Å². The van der Waals surface area contributed by atoms with E-state index >= 15 is 0 Å². The van der Waals surface area contributed by atoms with Crippen LogP contribution >= 0.6 is 0 Å². The second-order valence-corrected chi connectivity index (χ2v) is 2.14. The molecule has 0 rings (SSSR count). The highest BCUT2D eigenvalue weighted by atomic mass is 16.6. The van der Waals surface area contributed by atoms with E-state index in [0.717, 1.165) is 12.8 Å². The zero-order chi connectivity index (χ0) is 9.11. The van der Waals surface area contributed by atoms with E-state index in [4.69, 9.17) is 14.9 Å². The molecular formula is C8H20O3. The smallest absolute Gasteiger partial charge is 0.151 e. The van der Waals surface area contributed by atoms with Gasteiger partial charge in [-0.2, -0.15) is 0 Å². The van der Waals surface area contributed by atoms with Gasteiger partial charge in [0.1, 0.15) is 0 Å². The van der Waals surface area contributed by atoms with Crippen molar-refractivity contribution in [3.8, 4) is 0 Å². The SMILES string of the molecule is CCCCOC(C)O.CCO. The molecule has 0 bridgehead atoms. The Kier molecular flexibility index (Phi) is 15.4. The molecule has 3 heteroatoms. The van der Waals surface area contributed by atoms with Gasteiger partial charge in [-0.05, 0) is 20.3 Å². The summed E-state index contributed by atoms with van der Waals surface area (Å²) in [5, 5.41) is 16.1. The van der Waals surface area contributed by atoms with Gasteiger partial charge in [-0.1, -0.05) is 13.3 Å². The van der Waals surface area contributed by atoms with Crippen LogP contribution in [0.2, 0.25) is 0 Å². The van der Waals surface area contributed by atoms with Crippen LogP contribution in [-0.4, -0.2) is 29.7 Å². The lowest BCUT2D eigenvalue weighted by molar-refractivity contribution is -0.0856. The maximum atomic E-state index is 8.56. The van der Waals surface area contributed by atoms with E-state index in [-0.39, 0.29) is 6.61 Å². The third-order valence-corrected chi connectivity index (χ3v) is 0.857. The first-order chi connectivity index (χ1) is 5.18. The Morgan fingerprint density at radius 3 is 2.09 bits per heavy atom. The summed E-state index contributed by atoms with van der Waals surface area (Å²) < 4.78 is 4.84. The lowest BCUT2D eigenvalue weighted by Crippen LogP contribution is -2.06. The van der Waals surface area contributed by atoms with Crippen molar-refractivity contribution in [3.05, 3.63) is 0 Å². The van der Waals surface area contributed by atoms with Crippen molar-refractivity contribution in [3.63, 3.8) is 0 Å². The molecule has 1 atom stereocenters. The first kappa shape index (κ1) is 13.5. The third-order valence-electron chi connectivity index (χ3n) is 0.857. The molecule has 0 spiro atoms. The molecule has 0 amide bonds. The summed E-state index contributed by atoms with van der Waals surface area (Å²) in [5.41, 5.74) is 0. The van der Waals surface area contributed by atoms with Gasteiger partial charge in [-0.15, -0.1) is 0 Å². The van der Waals surface area contributed by atoms with Crippen LogP contribution in [0.25, 0.3) is 0 Å². The number of aliphatic hydroxyl groups is 2. The fourth-order valence-electron chi connectivity index (χ4n) is 0.398. The number of aliphatic hydroxyl groups excluding tert-OH is 2. The van der Waals surface area contributed by atoms with Crippen LogP contribution in [-0.2, 0) is 4.74 Å². The molecule has 70 valence electrons. The molecule has 0 fully saturated rings. The van der Waals surface area contributed by atoms with E-state index < -0.39 is 6.29 Å². The molecule has 2 N–H and O–H groups in total. The summed E-state index contributed by atoms with van der Waals surface area (Å²) in [4.78, 5) is 0. The van der Waals surface area contributed by atoms with Crippen molar-refractivity contribution in [2.45, 2.75) is 39.9 Å². The Morgan fingerprint density at radius 1 is 1.36 bits per heavy atom. The topological polar surface area (TPSA) is 49.7 Å². The van der Waals surface area contributed by atoms with Gasteiger partial charge in [-0.25, -0.2) is 0 Å². The van der Waals surface area contributed by atoms with Gasteiger partial charge in [0, 0.05) is 13.2 Å². The maximum Gasteiger partial charge on any atom is 0.151 e. The number of unbranched alkanes of at least 4 members (excludes halogenated alkanes) is 1. The van der Waals surface area contributed by atoms with Crippen LogP contribution in [0.3, 0.4) is 0 Å². The molecule has 0 saturated carbocycles. The van der Waals surface area contributed by atoms with Gasteiger partial charge in [0.15, 0.2) is 6.29 Å². The predicted octanol–water partition coefficient (Wildman–Crippen LogP) is 1.14. The number of ether oxygens (including phenoxy) is 1. The van der Waals surface area contributed by atoms with E-state index in [1.807, 2.05) is 0 Å². The van der Waals surface area contributed by atoms with Crippen molar-refractivity contribution in [2.24, 2.45) is 0 Å². The fraction of sp³-hybridized carbons (Fsp3) is 1.00. The van der Waals surface area contributed by atoms with Crippen molar-refractivity contribution in [2.75, 3.05) is 13.2 Å². The molecule has 0 aromatic heterocycles. The van der Waals surface area contributed by atoms with Gasteiger partial charge >= 0.3 is 0 Å². The van der Waals surface area contributed by atoms with Crippen LogP contribution in [0.5, 0.6) is 0 Å². The van der Waals surface area contributed by atoms with Gasteiger partial charge in [0.25, 0.3) is 0 Å². The lowest BCUT2D eigenvalue weighted by atomic mass is 10.4. The minimum Gasteiger partial charge on any atom is -0.397 e. The molecule has 0 aliphatic heterocycles. The number of hydrogen-bond donors (Lipinski definition) is 2. The lowest BCUT2D eigenvalue weighted by Gasteiger charge is -2.03. The average molecular weight is 164 g/mol. The van der Waals surface area contributed by atoms with Crippen molar-refractivity contribution >= 4 is 0 Å². The summed E-state index contributed by atoms with van der Waals surface area (Å²) in [6, 6.07) is 0. The minimum atomic E-state index is -0.596. The van der Waals surface area contributed by atoms with E-state index in [0.29, 0.717) is 6.61 Å². The maximum absolute atomic E-state index is 8.56. The highest BCUT2D eigenvalue weighted by Crippen LogP contribution is 1.90. The largest absolute Gasteiger partial charge is 0.397 e.